The molecule has 0 heterocycles. The standard InChI is InChI=1S/C36H69O2/c1-3-5-7-9-11-13-15-17-19-21-23-25-27-29-31-33-36(38)35(34-37)32-30-28-26-24-22-20-18-16-14-12-10-8-6-4-2/h35H,3-33H2,1-2H3. The first-order valence-electron chi connectivity index (χ1n) is 17.7. The zero-order chi connectivity index (χ0) is 27.8. The number of Topliss-reactive ketones (excluding diaryl/α,β-unsaturated/α-hetero) is 1. The first-order chi connectivity index (χ1) is 18.8. The molecule has 2 nitrogen and oxygen atoms in total. The second kappa shape index (κ2) is 32.6. The Hall–Kier alpha value is -0.660. The fraction of sp³-hybridized carbons (Fsp3) is 0.944. The van der Waals surface area contributed by atoms with Crippen molar-refractivity contribution in [3.8, 4) is 0 Å². The molecule has 0 aliphatic rings. The molecular formula is C36H69O2. The maximum atomic E-state index is 12.4. The highest BCUT2D eigenvalue weighted by atomic mass is 16.1. The van der Waals surface area contributed by atoms with Crippen LogP contribution in [0.2, 0.25) is 0 Å². The summed E-state index contributed by atoms with van der Waals surface area (Å²) < 4.78 is 0. The summed E-state index contributed by atoms with van der Waals surface area (Å²) in [5, 5.41) is 0. The van der Waals surface area contributed by atoms with Crippen molar-refractivity contribution in [1.29, 1.82) is 0 Å². The van der Waals surface area contributed by atoms with E-state index in [0.717, 1.165) is 32.1 Å². The smallest absolute Gasteiger partial charge is 0.209 e. The predicted molar refractivity (Wildman–Crippen MR) is 169 cm³/mol. The fourth-order valence-electron chi connectivity index (χ4n) is 5.67. The third-order valence-corrected chi connectivity index (χ3v) is 8.40. The molecule has 0 spiro atoms. The Bertz CT molecular complexity index is 472. The predicted octanol–water partition coefficient (Wildman–Crippen LogP) is 12.4. The van der Waals surface area contributed by atoms with Crippen molar-refractivity contribution in [1.82, 2.24) is 0 Å². The second-order valence-electron chi connectivity index (χ2n) is 12.2. The van der Waals surface area contributed by atoms with Gasteiger partial charge in [-0.2, -0.15) is 0 Å². The van der Waals surface area contributed by atoms with Gasteiger partial charge in [-0.25, -0.2) is 0 Å². The number of hydrogen-bond donors (Lipinski definition) is 0. The molecule has 0 N–H and O–H groups in total. The topological polar surface area (TPSA) is 34.1 Å². The van der Waals surface area contributed by atoms with Crippen LogP contribution in [-0.4, -0.2) is 12.1 Å². The molecule has 0 aliphatic carbocycles. The first-order valence-corrected chi connectivity index (χ1v) is 17.7. The Morgan fingerprint density at radius 3 is 0.974 bits per heavy atom. The van der Waals surface area contributed by atoms with E-state index in [1.165, 1.54) is 161 Å². The van der Waals surface area contributed by atoms with E-state index in [0.29, 0.717) is 6.42 Å². The molecule has 0 aromatic carbocycles. The molecule has 0 amide bonds. The molecule has 0 aromatic rings. The highest BCUT2D eigenvalue weighted by molar-refractivity contribution is 5.93. The highest BCUT2D eigenvalue weighted by Gasteiger charge is 2.17. The van der Waals surface area contributed by atoms with Gasteiger partial charge in [0.2, 0.25) is 6.29 Å². The van der Waals surface area contributed by atoms with Gasteiger partial charge in [0.15, 0.2) is 0 Å². The molecule has 1 radical (unpaired) electrons. The van der Waals surface area contributed by atoms with Crippen LogP contribution in [0, 0.1) is 5.92 Å². The molecule has 0 fully saturated rings. The van der Waals surface area contributed by atoms with E-state index < -0.39 is 5.92 Å². The Balaban J connectivity index is 3.40. The summed E-state index contributed by atoms with van der Waals surface area (Å²) >= 11 is 0. The van der Waals surface area contributed by atoms with Crippen LogP contribution in [0.25, 0.3) is 0 Å². The summed E-state index contributed by atoms with van der Waals surface area (Å²) in [4.78, 5) is 23.7. The molecule has 0 bridgehead atoms. The quantitative estimate of drug-likeness (QED) is 0.0620. The molecule has 38 heavy (non-hydrogen) atoms. The summed E-state index contributed by atoms with van der Waals surface area (Å²) in [6.45, 7) is 4.56. The van der Waals surface area contributed by atoms with Gasteiger partial charge in [-0.05, 0) is 12.8 Å². The lowest BCUT2D eigenvalue weighted by atomic mass is 9.94. The van der Waals surface area contributed by atoms with Gasteiger partial charge in [0.1, 0.15) is 5.78 Å². The summed E-state index contributed by atoms with van der Waals surface area (Å²) in [5.74, 6) is -0.316. The van der Waals surface area contributed by atoms with Crippen molar-refractivity contribution in [2.75, 3.05) is 0 Å². The molecule has 1 atom stereocenters. The van der Waals surface area contributed by atoms with Crippen molar-refractivity contribution in [2.24, 2.45) is 5.92 Å². The van der Waals surface area contributed by atoms with Gasteiger partial charge < -0.3 is 0 Å². The van der Waals surface area contributed by atoms with E-state index in [1.807, 2.05) is 0 Å². The third-order valence-electron chi connectivity index (χ3n) is 8.40. The van der Waals surface area contributed by atoms with Crippen LogP contribution in [0.3, 0.4) is 0 Å². The molecular weight excluding hydrogens is 464 g/mol. The Morgan fingerprint density at radius 2 is 0.684 bits per heavy atom. The van der Waals surface area contributed by atoms with Gasteiger partial charge in [-0.1, -0.05) is 194 Å². The molecule has 0 aliphatic heterocycles. The van der Waals surface area contributed by atoms with Crippen LogP contribution in [0.5, 0.6) is 0 Å². The number of hydrogen-bond acceptors (Lipinski definition) is 2. The largest absolute Gasteiger partial charge is 0.299 e. The maximum Gasteiger partial charge on any atom is 0.209 e. The first kappa shape index (κ1) is 37.3. The lowest BCUT2D eigenvalue weighted by molar-refractivity contribution is -0.121. The highest BCUT2D eigenvalue weighted by Crippen LogP contribution is 2.18. The number of ketones is 1. The molecule has 0 rings (SSSR count). The summed E-state index contributed by atoms with van der Waals surface area (Å²) in [6.07, 6.45) is 42.0. The second-order valence-corrected chi connectivity index (χ2v) is 12.2. The zero-order valence-electron chi connectivity index (χ0n) is 26.3. The molecule has 0 saturated heterocycles. The van der Waals surface area contributed by atoms with E-state index in [9.17, 15) is 9.59 Å². The van der Waals surface area contributed by atoms with Crippen molar-refractivity contribution >= 4 is 12.1 Å². The monoisotopic (exact) mass is 534 g/mol. The van der Waals surface area contributed by atoms with Crippen molar-refractivity contribution in [2.45, 2.75) is 213 Å². The summed E-state index contributed by atoms with van der Waals surface area (Å²) in [6, 6.07) is 0. The van der Waals surface area contributed by atoms with E-state index in [4.69, 9.17) is 0 Å². The Morgan fingerprint density at radius 1 is 0.421 bits per heavy atom. The number of rotatable bonds is 33. The van der Waals surface area contributed by atoms with E-state index in [-0.39, 0.29) is 5.78 Å². The molecule has 225 valence electrons. The Labute approximate surface area is 240 Å². The minimum atomic E-state index is -0.459. The summed E-state index contributed by atoms with van der Waals surface area (Å²) in [7, 11) is 0. The van der Waals surface area contributed by atoms with Gasteiger partial charge in [0.05, 0.1) is 5.92 Å². The Kier molecular flexibility index (Phi) is 32.0. The van der Waals surface area contributed by atoms with Gasteiger partial charge in [-0.15, -0.1) is 0 Å². The average molecular weight is 534 g/mol. The normalized spacial score (nSPS) is 12.2. The molecule has 0 saturated carbocycles. The zero-order valence-corrected chi connectivity index (χ0v) is 26.3. The van der Waals surface area contributed by atoms with E-state index in [2.05, 4.69) is 20.1 Å². The van der Waals surface area contributed by atoms with Gasteiger partial charge in [-0.3, -0.25) is 9.59 Å². The lowest BCUT2D eigenvalue weighted by Crippen LogP contribution is -2.15. The summed E-state index contributed by atoms with van der Waals surface area (Å²) in [5.41, 5.74) is 0. The molecule has 1 unspecified atom stereocenters. The van der Waals surface area contributed by atoms with Gasteiger partial charge in [0, 0.05) is 6.42 Å². The van der Waals surface area contributed by atoms with Crippen LogP contribution >= 0.6 is 0 Å². The van der Waals surface area contributed by atoms with Crippen LogP contribution in [0.1, 0.15) is 213 Å². The van der Waals surface area contributed by atoms with Crippen LogP contribution in [-0.2, 0) is 9.59 Å². The number of carbonyl (C=O) groups excluding carboxylic acids is 2. The van der Waals surface area contributed by atoms with Crippen molar-refractivity contribution in [3.05, 3.63) is 0 Å². The van der Waals surface area contributed by atoms with Gasteiger partial charge in [0.25, 0.3) is 0 Å². The van der Waals surface area contributed by atoms with Gasteiger partial charge >= 0.3 is 0 Å². The SMILES string of the molecule is CCCCCCCCCCCCCCCCCC(=O)C([C]=O)CCCCCCCCCCCCCCCC. The van der Waals surface area contributed by atoms with E-state index >= 15 is 0 Å². The van der Waals surface area contributed by atoms with E-state index in [1.54, 1.807) is 0 Å². The van der Waals surface area contributed by atoms with Crippen LogP contribution in [0.15, 0.2) is 0 Å². The molecule has 2 heteroatoms. The fourth-order valence-corrected chi connectivity index (χ4v) is 5.67. The minimum Gasteiger partial charge on any atom is -0.299 e. The van der Waals surface area contributed by atoms with Crippen LogP contribution < -0.4 is 0 Å². The van der Waals surface area contributed by atoms with Crippen molar-refractivity contribution in [3.63, 3.8) is 0 Å². The van der Waals surface area contributed by atoms with Crippen LogP contribution in [0.4, 0.5) is 0 Å². The maximum absolute atomic E-state index is 12.4. The number of unbranched alkanes of at least 4 members (excludes halogenated alkanes) is 27. The third kappa shape index (κ3) is 28.4. The van der Waals surface area contributed by atoms with Crippen molar-refractivity contribution < 1.29 is 9.59 Å². The lowest BCUT2D eigenvalue weighted by Gasteiger charge is -2.09. The number of carbonyl (C=O) groups is 1. The molecule has 0 aromatic heterocycles. The minimum absolute atomic E-state index is 0.143. The average Bonchev–Trinajstić information content (AvgIpc) is 2.93.